The molecule has 0 unspecified atom stereocenters. The first kappa shape index (κ1) is 24.7. The van der Waals surface area contributed by atoms with E-state index in [1.54, 1.807) is 22.3 Å². The third-order valence-electron chi connectivity index (χ3n) is 6.28. The molecule has 0 spiro atoms. The summed E-state index contributed by atoms with van der Waals surface area (Å²) in [5.74, 6) is -0.492. The van der Waals surface area contributed by atoms with Gasteiger partial charge < -0.3 is 15.0 Å². The molecule has 2 aromatic heterocycles. The van der Waals surface area contributed by atoms with E-state index in [2.05, 4.69) is 10.3 Å². The Hall–Kier alpha value is -3.42. The number of rotatable bonds is 4. The summed E-state index contributed by atoms with van der Waals surface area (Å²) in [5.41, 5.74) is 3.72. The molecule has 1 aliphatic rings. The molecule has 3 aromatic rings. The van der Waals surface area contributed by atoms with Crippen LogP contribution in [0.5, 0.6) is 0 Å². The summed E-state index contributed by atoms with van der Waals surface area (Å²) >= 11 is 0. The number of fused-ring (bicyclic) bond motifs is 1. The Kier molecular flexibility index (Phi) is 6.83. The number of amides is 2. The molecule has 186 valence electrons. The lowest BCUT2D eigenvalue weighted by Crippen LogP contribution is -2.41. The van der Waals surface area contributed by atoms with Gasteiger partial charge in [0.25, 0.3) is 5.91 Å². The van der Waals surface area contributed by atoms with E-state index in [0.29, 0.717) is 48.4 Å². The predicted molar refractivity (Wildman–Crippen MR) is 132 cm³/mol. The molecule has 0 atom stereocenters. The number of nitrogens with one attached hydrogen (secondary N) is 1. The molecule has 8 heteroatoms. The van der Waals surface area contributed by atoms with Crippen molar-refractivity contribution >= 4 is 17.6 Å². The van der Waals surface area contributed by atoms with Crippen molar-refractivity contribution < 1.29 is 18.7 Å². The fourth-order valence-corrected chi connectivity index (χ4v) is 4.52. The van der Waals surface area contributed by atoms with E-state index in [0.717, 1.165) is 11.2 Å². The third kappa shape index (κ3) is 5.63. The van der Waals surface area contributed by atoms with Gasteiger partial charge in [0, 0.05) is 25.8 Å². The Labute approximate surface area is 205 Å². The number of carbonyl (C=O) groups is 2. The minimum atomic E-state index is -0.534. The van der Waals surface area contributed by atoms with Gasteiger partial charge >= 0.3 is 6.09 Å². The van der Waals surface area contributed by atoms with Crippen LogP contribution in [0.2, 0.25) is 0 Å². The number of likely N-dealkylation sites (tertiary alicyclic amines) is 1. The quantitative estimate of drug-likeness (QED) is 0.561. The highest BCUT2D eigenvalue weighted by atomic mass is 19.1. The lowest BCUT2D eigenvalue weighted by molar-refractivity contribution is 0.0204. The van der Waals surface area contributed by atoms with Gasteiger partial charge in [-0.3, -0.25) is 9.20 Å². The van der Waals surface area contributed by atoms with Crippen LogP contribution in [0, 0.1) is 19.7 Å². The van der Waals surface area contributed by atoms with Crippen molar-refractivity contribution in [1.82, 2.24) is 19.6 Å². The van der Waals surface area contributed by atoms with E-state index in [9.17, 15) is 14.0 Å². The Morgan fingerprint density at radius 2 is 1.86 bits per heavy atom. The first-order valence-corrected chi connectivity index (χ1v) is 12.0. The molecular weight excluding hydrogens is 447 g/mol. The van der Waals surface area contributed by atoms with Crippen molar-refractivity contribution in [3.8, 4) is 0 Å². The Bertz CT molecular complexity index is 1250. The van der Waals surface area contributed by atoms with Crippen molar-refractivity contribution in [1.29, 1.82) is 0 Å². The minimum absolute atomic E-state index is 0.0431. The van der Waals surface area contributed by atoms with Crippen LogP contribution < -0.4 is 5.32 Å². The summed E-state index contributed by atoms with van der Waals surface area (Å²) in [5, 5.41) is 2.89. The Morgan fingerprint density at radius 3 is 2.51 bits per heavy atom. The third-order valence-corrected chi connectivity index (χ3v) is 6.28. The van der Waals surface area contributed by atoms with Gasteiger partial charge in [-0.05, 0) is 88.3 Å². The SMILES string of the molecule is Cc1ccn2c(C(=O)NCc3ccc(C4CCN(C(=O)OC(C)(C)C)CC4)c(F)c3)c(C)nc2c1. The molecule has 0 saturated carbocycles. The molecule has 3 heterocycles. The van der Waals surface area contributed by atoms with E-state index in [4.69, 9.17) is 4.74 Å². The first-order valence-electron chi connectivity index (χ1n) is 12.0. The van der Waals surface area contributed by atoms with Gasteiger partial charge in [0.1, 0.15) is 22.8 Å². The number of aryl methyl sites for hydroxylation is 2. The number of pyridine rings is 1. The van der Waals surface area contributed by atoms with Crippen LogP contribution in [-0.4, -0.2) is 45.0 Å². The molecule has 1 aliphatic heterocycles. The fourth-order valence-electron chi connectivity index (χ4n) is 4.52. The molecule has 1 N–H and O–H groups in total. The molecule has 35 heavy (non-hydrogen) atoms. The van der Waals surface area contributed by atoms with Gasteiger partial charge in [-0.15, -0.1) is 0 Å². The molecule has 1 saturated heterocycles. The van der Waals surface area contributed by atoms with Crippen molar-refractivity contribution in [2.75, 3.05) is 13.1 Å². The van der Waals surface area contributed by atoms with Gasteiger partial charge in [-0.1, -0.05) is 12.1 Å². The Morgan fingerprint density at radius 1 is 1.14 bits per heavy atom. The number of hydrogen-bond acceptors (Lipinski definition) is 4. The average Bonchev–Trinajstić information content (AvgIpc) is 3.11. The number of benzene rings is 1. The monoisotopic (exact) mass is 480 g/mol. The molecule has 1 aromatic carbocycles. The second-order valence-electron chi connectivity index (χ2n) is 10.3. The zero-order valence-electron chi connectivity index (χ0n) is 21.0. The summed E-state index contributed by atoms with van der Waals surface area (Å²) in [6.07, 6.45) is 2.87. The number of carbonyl (C=O) groups excluding carboxylic acids is 2. The number of hydrogen-bond donors (Lipinski definition) is 1. The second kappa shape index (κ2) is 9.68. The van der Waals surface area contributed by atoms with Crippen LogP contribution in [0.1, 0.15) is 72.4 Å². The summed E-state index contributed by atoms with van der Waals surface area (Å²) in [4.78, 5) is 31.3. The van der Waals surface area contributed by atoms with E-state index in [1.807, 2.05) is 52.1 Å². The van der Waals surface area contributed by atoms with E-state index < -0.39 is 5.60 Å². The largest absolute Gasteiger partial charge is 0.444 e. The smallest absolute Gasteiger partial charge is 0.410 e. The Balaban J connectivity index is 1.37. The van der Waals surface area contributed by atoms with E-state index in [1.165, 1.54) is 6.07 Å². The first-order chi connectivity index (χ1) is 16.5. The molecule has 0 bridgehead atoms. The maximum absolute atomic E-state index is 15.0. The second-order valence-corrected chi connectivity index (χ2v) is 10.3. The van der Waals surface area contributed by atoms with Gasteiger partial charge in [-0.2, -0.15) is 0 Å². The number of imidazole rings is 1. The van der Waals surface area contributed by atoms with Gasteiger partial charge in [0.15, 0.2) is 0 Å². The van der Waals surface area contributed by atoms with Crippen molar-refractivity contribution in [2.45, 2.75) is 65.5 Å². The zero-order valence-corrected chi connectivity index (χ0v) is 21.0. The van der Waals surface area contributed by atoms with Gasteiger partial charge in [-0.25, -0.2) is 14.2 Å². The fraction of sp³-hybridized carbons (Fsp3) is 0.444. The van der Waals surface area contributed by atoms with Crippen LogP contribution in [0.15, 0.2) is 36.5 Å². The standard InChI is InChI=1S/C27H33FN4O3/c1-17-8-13-32-23(14-17)30-18(2)24(32)25(33)29-16-19-6-7-21(22(28)15-19)20-9-11-31(12-10-20)26(34)35-27(3,4)5/h6-8,13-15,20H,9-12,16H2,1-5H3,(H,29,33). The summed E-state index contributed by atoms with van der Waals surface area (Å²) in [6.45, 7) is 10.6. The van der Waals surface area contributed by atoms with Crippen molar-refractivity contribution in [2.24, 2.45) is 0 Å². The lowest BCUT2D eigenvalue weighted by Gasteiger charge is -2.33. The average molecular weight is 481 g/mol. The van der Waals surface area contributed by atoms with Gasteiger partial charge in [0.2, 0.25) is 0 Å². The number of aromatic nitrogens is 2. The number of halogens is 1. The van der Waals surface area contributed by atoms with Crippen LogP contribution in [0.25, 0.3) is 5.65 Å². The maximum atomic E-state index is 15.0. The normalized spacial score (nSPS) is 14.9. The zero-order chi connectivity index (χ0) is 25.3. The molecule has 0 aliphatic carbocycles. The highest BCUT2D eigenvalue weighted by Gasteiger charge is 2.28. The van der Waals surface area contributed by atoms with Crippen LogP contribution in [-0.2, 0) is 11.3 Å². The molecule has 4 rings (SSSR count). The summed E-state index contributed by atoms with van der Waals surface area (Å²) < 4.78 is 22.2. The molecule has 7 nitrogen and oxygen atoms in total. The minimum Gasteiger partial charge on any atom is -0.444 e. The molecule has 2 amide bonds. The molecule has 0 radical (unpaired) electrons. The topological polar surface area (TPSA) is 75.9 Å². The number of piperidine rings is 1. The van der Waals surface area contributed by atoms with Crippen LogP contribution >= 0.6 is 0 Å². The summed E-state index contributed by atoms with van der Waals surface area (Å²) in [7, 11) is 0. The highest BCUT2D eigenvalue weighted by molar-refractivity contribution is 5.94. The van der Waals surface area contributed by atoms with Crippen molar-refractivity contribution in [3.63, 3.8) is 0 Å². The van der Waals surface area contributed by atoms with Crippen LogP contribution in [0.3, 0.4) is 0 Å². The molecular formula is C27H33FN4O3. The predicted octanol–water partition coefficient (Wildman–Crippen LogP) is 5.13. The maximum Gasteiger partial charge on any atom is 0.410 e. The summed E-state index contributed by atoms with van der Waals surface area (Å²) in [6, 6.07) is 8.99. The lowest BCUT2D eigenvalue weighted by atomic mass is 9.88. The highest BCUT2D eigenvalue weighted by Crippen LogP contribution is 2.31. The molecule has 1 fully saturated rings. The number of ether oxygens (including phenoxy) is 1. The van der Waals surface area contributed by atoms with Gasteiger partial charge in [0.05, 0.1) is 5.69 Å². The van der Waals surface area contributed by atoms with E-state index >= 15 is 0 Å². The van der Waals surface area contributed by atoms with E-state index in [-0.39, 0.29) is 30.3 Å². The van der Waals surface area contributed by atoms with Crippen molar-refractivity contribution in [3.05, 3.63) is 70.4 Å². The number of nitrogens with zero attached hydrogens (tertiary/aromatic N) is 3. The van der Waals surface area contributed by atoms with Crippen LogP contribution in [0.4, 0.5) is 9.18 Å².